The smallest absolute Gasteiger partial charge is 0.151 e. The minimum atomic E-state index is 0.723. The summed E-state index contributed by atoms with van der Waals surface area (Å²) in [5, 5.41) is 2.06. The maximum absolute atomic E-state index is 10.5. The molecule has 0 N–H and O–H groups in total. The van der Waals surface area contributed by atoms with Gasteiger partial charge >= 0.3 is 0 Å². The molecule has 2 aromatic rings. The Bertz CT molecular complexity index is 446. The molecule has 0 saturated heterocycles. The second kappa shape index (κ2) is 4.11. The van der Waals surface area contributed by atoms with Crippen LogP contribution >= 0.6 is 27.3 Å². The van der Waals surface area contributed by atoms with Gasteiger partial charge in [0.15, 0.2) is 6.29 Å². The van der Waals surface area contributed by atoms with Crippen LogP contribution in [-0.2, 0) is 6.54 Å². The minimum absolute atomic E-state index is 0.723. The van der Waals surface area contributed by atoms with E-state index in [2.05, 4.69) is 27.4 Å². The van der Waals surface area contributed by atoms with Crippen LogP contribution in [-0.4, -0.2) is 10.9 Å². The highest BCUT2D eigenvalue weighted by Gasteiger charge is 1.99. The minimum Gasteiger partial charge on any atom is -0.348 e. The summed E-state index contributed by atoms with van der Waals surface area (Å²) in [5.41, 5.74) is 0.723. The molecule has 0 aliphatic heterocycles. The quantitative estimate of drug-likeness (QED) is 0.785. The van der Waals surface area contributed by atoms with Gasteiger partial charge in [-0.05, 0) is 28.1 Å². The number of hydrogen-bond acceptors (Lipinski definition) is 2. The van der Waals surface area contributed by atoms with Crippen LogP contribution < -0.4 is 0 Å². The van der Waals surface area contributed by atoms with Crippen LogP contribution in [0.15, 0.2) is 34.4 Å². The standard InChI is InChI=1S/C10H8BrNOS/c11-9-3-10(14-7-9)5-12-2-1-8(4-12)6-13/h1-4,6-7H,5H2. The molecule has 2 aromatic heterocycles. The predicted octanol–water partition coefficient (Wildman–Crippen LogP) is 3.17. The monoisotopic (exact) mass is 269 g/mol. The maximum atomic E-state index is 10.5. The lowest BCUT2D eigenvalue weighted by molar-refractivity contribution is 0.112. The lowest BCUT2D eigenvalue weighted by Crippen LogP contribution is -1.93. The van der Waals surface area contributed by atoms with E-state index < -0.39 is 0 Å². The zero-order chi connectivity index (χ0) is 9.97. The van der Waals surface area contributed by atoms with Crippen LogP contribution in [0, 0.1) is 0 Å². The van der Waals surface area contributed by atoms with Crippen molar-refractivity contribution in [3.63, 3.8) is 0 Å². The number of carbonyl (C=O) groups excluding carboxylic acids is 1. The summed E-state index contributed by atoms with van der Waals surface area (Å²) in [6.45, 7) is 0.824. The summed E-state index contributed by atoms with van der Waals surface area (Å²) in [5.74, 6) is 0. The molecule has 0 spiro atoms. The van der Waals surface area contributed by atoms with Crippen molar-refractivity contribution in [1.29, 1.82) is 0 Å². The molecule has 0 aromatic carbocycles. The number of carbonyl (C=O) groups is 1. The third-order valence-corrected chi connectivity index (χ3v) is 3.55. The Labute approximate surface area is 94.3 Å². The van der Waals surface area contributed by atoms with Gasteiger partial charge < -0.3 is 4.57 Å². The van der Waals surface area contributed by atoms with Gasteiger partial charge in [0.2, 0.25) is 0 Å². The molecule has 4 heteroatoms. The molecule has 14 heavy (non-hydrogen) atoms. The molecule has 2 nitrogen and oxygen atoms in total. The lowest BCUT2D eigenvalue weighted by Gasteiger charge is -1.97. The molecule has 0 atom stereocenters. The van der Waals surface area contributed by atoms with Crippen molar-refractivity contribution in [2.45, 2.75) is 6.54 Å². The van der Waals surface area contributed by atoms with E-state index in [1.807, 2.05) is 23.0 Å². The second-order valence-electron chi connectivity index (χ2n) is 2.97. The van der Waals surface area contributed by atoms with Gasteiger partial charge in [0.05, 0.1) is 6.54 Å². The average Bonchev–Trinajstić information content (AvgIpc) is 2.76. The molecule has 2 heterocycles. The Morgan fingerprint density at radius 2 is 2.43 bits per heavy atom. The van der Waals surface area contributed by atoms with Gasteiger partial charge in [-0.15, -0.1) is 11.3 Å². The summed E-state index contributed by atoms with van der Waals surface area (Å²) < 4.78 is 3.11. The van der Waals surface area contributed by atoms with Gasteiger partial charge in [0.25, 0.3) is 0 Å². The summed E-state index contributed by atoms with van der Waals surface area (Å²) in [6, 6.07) is 3.90. The number of nitrogens with zero attached hydrogens (tertiary/aromatic N) is 1. The largest absolute Gasteiger partial charge is 0.348 e. The highest BCUT2D eigenvalue weighted by molar-refractivity contribution is 9.10. The van der Waals surface area contributed by atoms with E-state index in [1.54, 1.807) is 11.3 Å². The lowest BCUT2D eigenvalue weighted by atomic mass is 10.4. The first-order valence-corrected chi connectivity index (χ1v) is 5.79. The van der Waals surface area contributed by atoms with E-state index in [0.717, 1.165) is 22.9 Å². The van der Waals surface area contributed by atoms with Crippen molar-refractivity contribution in [3.8, 4) is 0 Å². The first-order valence-electron chi connectivity index (χ1n) is 4.12. The molecule has 0 aliphatic carbocycles. The van der Waals surface area contributed by atoms with Crippen LogP contribution in [0.5, 0.6) is 0 Å². The molecular formula is C10H8BrNOS. The van der Waals surface area contributed by atoms with Gasteiger partial charge in [0.1, 0.15) is 0 Å². The number of halogens is 1. The summed E-state index contributed by atoms with van der Waals surface area (Å²) >= 11 is 5.11. The highest BCUT2D eigenvalue weighted by atomic mass is 79.9. The van der Waals surface area contributed by atoms with Crippen molar-refractivity contribution < 1.29 is 4.79 Å². The molecule has 0 saturated carbocycles. The van der Waals surface area contributed by atoms with E-state index in [0.29, 0.717) is 0 Å². The third-order valence-electron chi connectivity index (χ3n) is 1.87. The molecule has 0 unspecified atom stereocenters. The fourth-order valence-corrected chi connectivity index (χ4v) is 2.70. The van der Waals surface area contributed by atoms with Gasteiger partial charge in [-0.3, -0.25) is 4.79 Å². The summed E-state index contributed by atoms with van der Waals surface area (Å²) in [7, 11) is 0. The molecule has 0 bridgehead atoms. The van der Waals surface area contributed by atoms with Gasteiger partial charge in [0, 0.05) is 32.7 Å². The Kier molecular flexibility index (Phi) is 2.84. The molecule has 72 valence electrons. The molecule has 0 radical (unpaired) electrons. The van der Waals surface area contributed by atoms with Crippen LogP contribution in [0.25, 0.3) is 0 Å². The van der Waals surface area contributed by atoms with Crippen molar-refractivity contribution in [2.24, 2.45) is 0 Å². The van der Waals surface area contributed by atoms with E-state index in [9.17, 15) is 4.79 Å². The second-order valence-corrected chi connectivity index (χ2v) is 4.88. The third kappa shape index (κ3) is 2.13. The van der Waals surface area contributed by atoms with E-state index in [1.165, 1.54) is 4.88 Å². The van der Waals surface area contributed by atoms with Gasteiger partial charge in [-0.1, -0.05) is 0 Å². The number of hydrogen-bond donors (Lipinski definition) is 0. The van der Waals surface area contributed by atoms with Gasteiger partial charge in [-0.2, -0.15) is 0 Å². The van der Waals surface area contributed by atoms with Crippen molar-refractivity contribution >= 4 is 33.6 Å². The normalized spacial score (nSPS) is 10.4. The van der Waals surface area contributed by atoms with E-state index in [-0.39, 0.29) is 0 Å². The zero-order valence-corrected chi connectivity index (χ0v) is 9.72. The van der Waals surface area contributed by atoms with Crippen molar-refractivity contribution in [2.75, 3.05) is 0 Å². The van der Waals surface area contributed by atoms with Crippen molar-refractivity contribution in [1.82, 2.24) is 4.57 Å². The Hall–Kier alpha value is -0.870. The SMILES string of the molecule is O=Cc1ccn(Cc2cc(Br)cs2)c1. The van der Waals surface area contributed by atoms with Crippen LogP contribution in [0.3, 0.4) is 0 Å². The fraction of sp³-hybridized carbons (Fsp3) is 0.100. The molecular weight excluding hydrogens is 262 g/mol. The maximum Gasteiger partial charge on any atom is 0.151 e. The fourth-order valence-electron chi connectivity index (χ4n) is 1.24. The summed E-state index contributed by atoms with van der Waals surface area (Å²) in [4.78, 5) is 11.7. The topological polar surface area (TPSA) is 22.0 Å². The molecule has 0 fully saturated rings. The summed E-state index contributed by atoms with van der Waals surface area (Å²) in [6.07, 6.45) is 4.62. The number of rotatable bonds is 3. The van der Waals surface area contributed by atoms with Gasteiger partial charge in [-0.25, -0.2) is 0 Å². The molecule has 0 amide bonds. The number of thiophene rings is 1. The number of aromatic nitrogens is 1. The van der Waals surface area contributed by atoms with Crippen LogP contribution in [0.4, 0.5) is 0 Å². The van der Waals surface area contributed by atoms with E-state index in [4.69, 9.17) is 0 Å². The Balaban J connectivity index is 2.14. The molecule has 2 rings (SSSR count). The molecule has 0 aliphatic rings. The Morgan fingerprint density at radius 3 is 3.00 bits per heavy atom. The highest BCUT2D eigenvalue weighted by Crippen LogP contribution is 2.20. The van der Waals surface area contributed by atoms with Crippen LogP contribution in [0.2, 0.25) is 0 Å². The zero-order valence-electron chi connectivity index (χ0n) is 7.31. The predicted molar refractivity (Wildman–Crippen MR) is 60.9 cm³/mol. The number of aldehydes is 1. The van der Waals surface area contributed by atoms with Crippen LogP contribution in [0.1, 0.15) is 15.2 Å². The average molecular weight is 270 g/mol. The first kappa shape index (κ1) is 9.68. The van der Waals surface area contributed by atoms with E-state index >= 15 is 0 Å². The van der Waals surface area contributed by atoms with Crippen molar-refractivity contribution in [3.05, 3.63) is 44.8 Å². The first-order chi connectivity index (χ1) is 6.78. The Morgan fingerprint density at radius 1 is 1.57 bits per heavy atom.